The maximum absolute atomic E-state index is 3.55. The summed E-state index contributed by atoms with van der Waals surface area (Å²) in [6.07, 6.45) is 5.57. The fourth-order valence-corrected chi connectivity index (χ4v) is 4.55. The third-order valence-corrected chi connectivity index (χ3v) is 5.52. The van der Waals surface area contributed by atoms with Crippen LogP contribution in [0, 0.1) is 5.92 Å². The van der Waals surface area contributed by atoms with Crippen molar-refractivity contribution in [1.29, 1.82) is 0 Å². The van der Waals surface area contributed by atoms with Gasteiger partial charge in [-0.15, -0.1) is 0 Å². The second kappa shape index (κ2) is 4.71. The molecule has 0 aromatic carbocycles. The molecule has 2 aliphatic rings. The van der Waals surface area contributed by atoms with E-state index in [1.165, 1.54) is 31.2 Å². The molecule has 1 aromatic heterocycles. The Morgan fingerprint density at radius 2 is 2.06 bits per heavy atom. The summed E-state index contributed by atoms with van der Waals surface area (Å²) >= 11 is 1.81. The molecule has 0 aliphatic carbocycles. The Kier molecular flexibility index (Phi) is 3.24. The van der Waals surface area contributed by atoms with E-state index >= 15 is 0 Å². The number of thiophene rings is 1. The van der Waals surface area contributed by atoms with E-state index < -0.39 is 0 Å². The van der Waals surface area contributed by atoms with Crippen LogP contribution in [0.1, 0.15) is 37.3 Å². The molecule has 2 saturated heterocycles. The Morgan fingerprint density at radius 1 is 1.35 bits per heavy atom. The fraction of sp³-hybridized carbons (Fsp3) is 0.714. The van der Waals surface area contributed by atoms with Gasteiger partial charge in [-0.05, 0) is 68.1 Å². The lowest BCUT2D eigenvalue weighted by Crippen LogP contribution is -2.43. The summed E-state index contributed by atoms with van der Waals surface area (Å²) in [5.74, 6) is 0.822. The standard InChI is InChI=1S/C14H22N2S/c1-15-14(10-5-6-17-9-10)11-7-12-3-4-13(8-11)16(12)2/h5-6,9,11-15H,3-4,7-8H2,1-2H3. The Labute approximate surface area is 108 Å². The zero-order valence-corrected chi connectivity index (χ0v) is 11.5. The molecule has 2 nitrogen and oxygen atoms in total. The van der Waals surface area contributed by atoms with E-state index in [1.54, 1.807) is 0 Å². The second-order valence-electron chi connectivity index (χ2n) is 5.60. The first-order valence-electron chi connectivity index (χ1n) is 6.71. The van der Waals surface area contributed by atoms with E-state index in [0.29, 0.717) is 6.04 Å². The van der Waals surface area contributed by atoms with Gasteiger partial charge in [0.1, 0.15) is 0 Å². The average Bonchev–Trinajstić information content (AvgIpc) is 2.88. The van der Waals surface area contributed by atoms with E-state index in [4.69, 9.17) is 0 Å². The summed E-state index contributed by atoms with van der Waals surface area (Å²) in [7, 11) is 4.43. The highest BCUT2D eigenvalue weighted by atomic mass is 32.1. The molecule has 3 heteroatoms. The first-order valence-corrected chi connectivity index (χ1v) is 7.65. The van der Waals surface area contributed by atoms with E-state index in [-0.39, 0.29) is 0 Å². The van der Waals surface area contributed by atoms with Crippen LogP contribution in [0.5, 0.6) is 0 Å². The Hall–Kier alpha value is -0.380. The first kappa shape index (κ1) is 11.7. The number of hydrogen-bond acceptors (Lipinski definition) is 3. The van der Waals surface area contributed by atoms with Crippen molar-refractivity contribution in [2.24, 2.45) is 5.92 Å². The SMILES string of the molecule is CNC(c1ccsc1)C1CC2CCC(C1)N2C. The molecule has 3 rings (SSSR count). The minimum atomic E-state index is 0.568. The molecule has 3 heterocycles. The summed E-state index contributed by atoms with van der Waals surface area (Å²) < 4.78 is 0. The van der Waals surface area contributed by atoms with Gasteiger partial charge in [-0.2, -0.15) is 11.3 Å². The van der Waals surface area contributed by atoms with Crippen molar-refractivity contribution in [2.45, 2.75) is 43.8 Å². The number of nitrogens with zero attached hydrogens (tertiary/aromatic N) is 1. The average molecular weight is 250 g/mol. The van der Waals surface area contributed by atoms with Crippen LogP contribution in [0.15, 0.2) is 16.8 Å². The molecule has 1 N–H and O–H groups in total. The van der Waals surface area contributed by atoms with Gasteiger partial charge < -0.3 is 10.2 Å². The van der Waals surface area contributed by atoms with Crippen molar-refractivity contribution >= 4 is 11.3 Å². The van der Waals surface area contributed by atoms with Gasteiger partial charge in [0.2, 0.25) is 0 Å². The van der Waals surface area contributed by atoms with Crippen LogP contribution in [0.25, 0.3) is 0 Å². The minimum absolute atomic E-state index is 0.568. The molecule has 17 heavy (non-hydrogen) atoms. The third kappa shape index (κ3) is 2.05. The molecule has 0 spiro atoms. The molecule has 1 aromatic rings. The van der Waals surface area contributed by atoms with Crippen molar-refractivity contribution in [2.75, 3.05) is 14.1 Å². The molecule has 2 bridgehead atoms. The molecule has 94 valence electrons. The van der Waals surface area contributed by atoms with Crippen molar-refractivity contribution in [3.63, 3.8) is 0 Å². The minimum Gasteiger partial charge on any atom is -0.313 e. The molecular formula is C14H22N2S. The zero-order chi connectivity index (χ0) is 11.8. The van der Waals surface area contributed by atoms with Crippen LogP contribution in [-0.2, 0) is 0 Å². The van der Waals surface area contributed by atoms with Gasteiger partial charge in [0, 0.05) is 18.1 Å². The lowest BCUT2D eigenvalue weighted by molar-refractivity contribution is 0.114. The maximum Gasteiger partial charge on any atom is 0.0355 e. The van der Waals surface area contributed by atoms with Crippen LogP contribution in [-0.4, -0.2) is 31.1 Å². The zero-order valence-electron chi connectivity index (χ0n) is 10.7. The summed E-state index contributed by atoms with van der Waals surface area (Å²) in [4.78, 5) is 2.62. The number of rotatable bonds is 3. The van der Waals surface area contributed by atoms with E-state index in [1.807, 2.05) is 11.3 Å². The van der Waals surface area contributed by atoms with Gasteiger partial charge >= 0.3 is 0 Å². The van der Waals surface area contributed by atoms with Crippen LogP contribution in [0.4, 0.5) is 0 Å². The molecule has 0 amide bonds. The largest absolute Gasteiger partial charge is 0.313 e. The monoisotopic (exact) mass is 250 g/mol. The van der Waals surface area contributed by atoms with Gasteiger partial charge in [0.15, 0.2) is 0 Å². The Bertz CT molecular complexity index is 348. The lowest BCUT2D eigenvalue weighted by atomic mass is 9.83. The molecular weight excluding hydrogens is 228 g/mol. The molecule has 2 fully saturated rings. The van der Waals surface area contributed by atoms with Gasteiger partial charge in [0.25, 0.3) is 0 Å². The van der Waals surface area contributed by atoms with Crippen LogP contribution < -0.4 is 5.32 Å². The number of hydrogen-bond donors (Lipinski definition) is 1. The van der Waals surface area contributed by atoms with Crippen LogP contribution in [0.3, 0.4) is 0 Å². The molecule has 3 atom stereocenters. The summed E-state index contributed by atoms with van der Waals surface area (Å²) in [6.45, 7) is 0. The highest BCUT2D eigenvalue weighted by molar-refractivity contribution is 7.07. The molecule has 0 radical (unpaired) electrons. The van der Waals surface area contributed by atoms with Crippen LogP contribution >= 0.6 is 11.3 Å². The number of piperidine rings is 1. The number of fused-ring (bicyclic) bond motifs is 2. The van der Waals surface area contributed by atoms with E-state index in [2.05, 4.69) is 41.1 Å². The predicted molar refractivity (Wildman–Crippen MR) is 73.4 cm³/mol. The highest BCUT2D eigenvalue weighted by Crippen LogP contribution is 2.42. The van der Waals surface area contributed by atoms with E-state index in [9.17, 15) is 0 Å². The lowest BCUT2D eigenvalue weighted by Gasteiger charge is -2.39. The van der Waals surface area contributed by atoms with Crippen molar-refractivity contribution in [3.8, 4) is 0 Å². The molecule has 0 saturated carbocycles. The van der Waals surface area contributed by atoms with Gasteiger partial charge in [-0.25, -0.2) is 0 Å². The van der Waals surface area contributed by atoms with Crippen LogP contribution in [0.2, 0.25) is 0 Å². The Morgan fingerprint density at radius 3 is 2.59 bits per heavy atom. The Balaban J connectivity index is 1.76. The van der Waals surface area contributed by atoms with E-state index in [0.717, 1.165) is 18.0 Å². The third-order valence-electron chi connectivity index (χ3n) is 4.82. The molecule has 2 aliphatic heterocycles. The summed E-state index contributed by atoms with van der Waals surface area (Å²) in [5, 5.41) is 8.05. The predicted octanol–water partition coefficient (Wildman–Crippen LogP) is 2.88. The normalized spacial score (nSPS) is 35.1. The fourth-order valence-electron chi connectivity index (χ4n) is 3.85. The number of nitrogens with one attached hydrogen (secondary N) is 1. The summed E-state index contributed by atoms with van der Waals surface area (Å²) in [5.41, 5.74) is 1.49. The maximum atomic E-state index is 3.55. The summed E-state index contributed by atoms with van der Waals surface area (Å²) in [6, 6.07) is 4.53. The second-order valence-corrected chi connectivity index (χ2v) is 6.39. The van der Waals surface area contributed by atoms with Gasteiger partial charge in [-0.1, -0.05) is 0 Å². The van der Waals surface area contributed by atoms with Crippen molar-refractivity contribution < 1.29 is 0 Å². The van der Waals surface area contributed by atoms with Gasteiger partial charge in [-0.3, -0.25) is 0 Å². The quantitative estimate of drug-likeness (QED) is 0.887. The first-order chi connectivity index (χ1) is 8.29. The highest BCUT2D eigenvalue weighted by Gasteiger charge is 2.40. The molecule has 3 unspecified atom stereocenters. The van der Waals surface area contributed by atoms with Crippen molar-refractivity contribution in [1.82, 2.24) is 10.2 Å². The topological polar surface area (TPSA) is 15.3 Å². The smallest absolute Gasteiger partial charge is 0.0355 e. The van der Waals surface area contributed by atoms with Crippen molar-refractivity contribution in [3.05, 3.63) is 22.4 Å². The van der Waals surface area contributed by atoms with Gasteiger partial charge in [0.05, 0.1) is 0 Å².